The average molecular weight is 316 g/mol. The molecule has 2 aliphatic heterocycles. The van der Waals surface area contributed by atoms with E-state index in [0.717, 1.165) is 6.54 Å². The number of halogens is 1. The van der Waals surface area contributed by atoms with Gasteiger partial charge in [0.25, 0.3) is 0 Å². The van der Waals surface area contributed by atoms with E-state index in [0.29, 0.717) is 24.2 Å². The highest BCUT2D eigenvalue weighted by Gasteiger charge is 2.45. The van der Waals surface area contributed by atoms with E-state index in [9.17, 15) is 0 Å². The summed E-state index contributed by atoms with van der Waals surface area (Å²) in [5.41, 5.74) is 0. The van der Waals surface area contributed by atoms with E-state index in [1.165, 1.54) is 28.6 Å². The van der Waals surface area contributed by atoms with Crippen LogP contribution in [0.3, 0.4) is 0 Å². The van der Waals surface area contributed by atoms with Gasteiger partial charge in [-0.15, -0.1) is 11.3 Å². The lowest BCUT2D eigenvalue weighted by Gasteiger charge is -2.28. The fourth-order valence-corrected chi connectivity index (χ4v) is 4.98. The molecule has 4 unspecified atom stereocenters. The van der Waals surface area contributed by atoms with Crippen LogP contribution < -0.4 is 5.32 Å². The number of nitrogens with one attached hydrogen (secondary N) is 1. The Bertz CT molecular complexity index is 395. The molecule has 1 N–H and O–H groups in total. The van der Waals surface area contributed by atoms with Crippen molar-refractivity contribution in [1.82, 2.24) is 5.32 Å². The van der Waals surface area contributed by atoms with Gasteiger partial charge in [-0.3, -0.25) is 0 Å². The average Bonchev–Trinajstić information content (AvgIpc) is 3.01. The molecule has 4 heteroatoms. The van der Waals surface area contributed by atoms with Crippen LogP contribution >= 0.6 is 27.3 Å². The van der Waals surface area contributed by atoms with Gasteiger partial charge in [-0.25, -0.2) is 0 Å². The number of rotatable bonds is 4. The number of thiophene rings is 1. The molecule has 0 aromatic carbocycles. The normalized spacial score (nSPS) is 33.2. The summed E-state index contributed by atoms with van der Waals surface area (Å²) < 4.78 is 7.25. The minimum absolute atomic E-state index is 0.463. The Balaban J connectivity index is 1.83. The van der Waals surface area contributed by atoms with Crippen LogP contribution in [0.5, 0.6) is 0 Å². The van der Waals surface area contributed by atoms with Crippen molar-refractivity contribution in [2.75, 3.05) is 6.54 Å². The van der Waals surface area contributed by atoms with Crippen molar-refractivity contribution in [2.24, 2.45) is 5.92 Å². The van der Waals surface area contributed by atoms with Gasteiger partial charge in [0.15, 0.2) is 0 Å². The van der Waals surface area contributed by atoms with Crippen LogP contribution in [0, 0.1) is 5.92 Å². The third-order valence-corrected chi connectivity index (χ3v) is 5.89. The molecule has 2 fully saturated rings. The summed E-state index contributed by atoms with van der Waals surface area (Å²) in [6.07, 6.45) is 4.77. The van der Waals surface area contributed by atoms with Crippen molar-refractivity contribution in [3.05, 3.63) is 20.8 Å². The van der Waals surface area contributed by atoms with Crippen LogP contribution in [0.25, 0.3) is 0 Å². The summed E-state index contributed by atoms with van der Waals surface area (Å²) >= 11 is 5.51. The van der Waals surface area contributed by atoms with E-state index in [1.54, 1.807) is 0 Å². The van der Waals surface area contributed by atoms with E-state index >= 15 is 0 Å². The monoisotopic (exact) mass is 315 g/mol. The standard InChI is InChI=1S/C13H18BrNOS/c1-2-15-12(13-10(14)5-6-17-13)9-7-8-3-4-11(9)16-8/h5-6,8-9,11-12,15H,2-4,7H2,1H3. The SMILES string of the molecule is CCNC(c1sccc1Br)C1CC2CCC1O2. The van der Waals surface area contributed by atoms with Crippen molar-refractivity contribution < 1.29 is 4.74 Å². The molecule has 0 amide bonds. The predicted molar refractivity (Wildman–Crippen MR) is 74.4 cm³/mol. The molecule has 2 nitrogen and oxygen atoms in total. The number of fused-ring (bicyclic) bond motifs is 2. The lowest BCUT2D eigenvalue weighted by molar-refractivity contribution is 0.0860. The van der Waals surface area contributed by atoms with Crippen LogP contribution in [0.4, 0.5) is 0 Å². The highest BCUT2D eigenvalue weighted by molar-refractivity contribution is 9.10. The molecule has 0 spiro atoms. The zero-order valence-electron chi connectivity index (χ0n) is 9.99. The third-order valence-electron chi connectivity index (χ3n) is 3.93. The minimum Gasteiger partial charge on any atom is -0.375 e. The second-order valence-corrected chi connectivity index (χ2v) is 6.74. The third kappa shape index (κ3) is 2.21. The summed E-state index contributed by atoms with van der Waals surface area (Å²) in [5, 5.41) is 5.82. The highest BCUT2D eigenvalue weighted by Crippen LogP contribution is 2.46. The molecule has 0 aliphatic carbocycles. The van der Waals surface area contributed by atoms with Gasteiger partial charge < -0.3 is 10.1 Å². The van der Waals surface area contributed by atoms with Crippen LogP contribution in [-0.2, 0) is 4.74 Å². The Morgan fingerprint density at radius 2 is 2.47 bits per heavy atom. The number of hydrogen-bond acceptors (Lipinski definition) is 3. The molecule has 94 valence electrons. The Morgan fingerprint density at radius 3 is 3.00 bits per heavy atom. The smallest absolute Gasteiger partial charge is 0.0627 e. The van der Waals surface area contributed by atoms with Crippen molar-refractivity contribution in [3.8, 4) is 0 Å². The summed E-state index contributed by atoms with van der Waals surface area (Å²) in [5.74, 6) is 0.656. The first-order valence-electron chi connectivity index (χ1n) is 6.41. The van der Waals surface area contributed by atoms with E-state index in [-0.39, 0.29) is 0 Å². The molecule has 1 aromatic heterocycles. The van der Waals surface area contributed by atoms with Gasteiger partial charge in [-0.1, -0.05) is 6.92 Å². The second-order valence-electron chi connectivity index (χ2n) is 4.94. The molecule has 1 aromatic rings. The van der Waals surface area contributed by atoms with E-state index in [2.05, 4.69) is 39.6 Å². The molecule has 3 heterocycles. The molecule has 2 bridgehead atoms. The lowest BCUT2D eigenvalue weighted by atomic mass is 9.83. The first-order chi connectivity index (χ1) is 8.29. The Labute approximate surface area is 115 Å². The summed E-state index contributed by atoms with van der Waals surface area (Å²) in [7, 11) is 0. The summed E-state index contributed by atoms with van der Waals surface area (Å²) in [4.78, 5) is 1.44. The van der Waals surface area contributed by atoms with E-state index in [1.807, 2.05) is 11.3 Å². The highest BCUT2D eigenvalue weighted by atomic mass is 79.9. The quantitative estimate of drug-likeness (QED) is 0.914. The summed E-state index contributed by atoms with van der Waals surface area (Å²) in [6, 6.07) is 2.61. The van der Waals surface area contributed by atoms with Gasteiger partial charge >= 0.3 is 0 Å². The minimum atomic E-state index is 0.463. The molecular formula is C13H18BrNOS. The van der Waals surface area contributed by atoms with Gasteiger partial charge in [0, 0.05) is 21.3 Å². The van der Waals surface area contributed by atoms with Gasteiger partial charge in [0.1, 0.15) is 0 Å². The molecule has 2 aliphatic rings. The van der Waals surface area contributed by atoms with Gasteiger partial charge in [0.2, 0.25) is 0 Å². The Morgan fingerprint density at radius 1 is 1.59 bits per heavy atom. The van der Waals surface area contributed by atoms with E-state index in [4.69, 9.17) is 4.74 Å². The van der Waals surface area contributed by atoms with Crippen molar-refractivity contribution in [1.29, 1.82) is 0 Å². The van der Waals surface area contributed by atoms with Crippen molar-refractivity contribution in [3.63, 3.8) is 0 Å². The fourth-order valence-electron chi connectivity index (χ4n) is 3.21. The predicted octanol–water partition coefficient (Wildman–Crippen LogP) is 3.73. The molecule has 0 saturated carbocycles. The molecule has 4 atom stereocenters. The Kier molecular flexibility index (Phi) is 3.57. The maximum Gasteiger partial charge on any atom is 0.0627 e. The zero-order chi connectivity index (χ0) is 11.8. The molecular weight excluding hydrogens is 298 g/mol. The van der Waals surface area contributed by atoms with Crippen LogP contribution in [0.15, 0.2) is 15.9 Å². The van der Waals surface area contributed by atoms with Crippen LogP contribution in [0.1, 0.15) is 37.1 Å². The molecule has 3 rings (SSSR count). The van der Waals surface area contributed by atoms with Crippen LogP contribution in [-0.4, -0.2) is 18.8 Å². The van der Waals surface area contributed by atoms with E-state index < -0.39 is 0 Å². The fraction of sp³-hybridized carbons (Fsp3) is 0.692. The maximum absolute atomic E-state index is 6.00. The topological polar surface area (TPSA) is 21.3 Å². The van der Waals surface area contributed by atoms with Gasteiger partial charge in [-0.2, -0.15) is 0 Å². The summed E-state index contributed by atoms with van der Waals surface area (Å²) in [6.45, 7) is 3.20. The number of hydrogen-bond donors (Lipinski definition) is 1. The first kappa shape index (κ1) is 12.2. The lowest BCUT2D eigenvalue weighted by Crippen LogP contribution is -2.33. The maximum atomic E-state index is 6.00. The van der Waals surface area contributed by atoms with Crippen molar-refractivity contribution in [2.45, 2.75) is 44.4 Å². The first-order valence-corrected chi connectivity index (χ1v) is 8.08. The Hall–Kier alpha value is 0.1000. The van der Waals surface area contributed by atoms with Gasteiger partial charge in [-0.05, 0) is 53.2 Å². The molecule has 0 radical (unpaired) electrons. The van der Waals surface area contributed by atoms with Crippen molar-refractivity contribution >= 4 is 27.3 Å². The molecule has 17 heavy (non-hydrogen) atoms. The molecule has 2 saturated heterocycles. The second kappa shape index (κ2) is 5.00. The zero-order valence-corrected chi connectivity index (χ0v) is 12.4. The largest absolute Gasteiger partial charge is 0.375 e. The van der Waals surface area contributed by atoms with Gasteiger partial charge in [0.05, 0.1) is 12.2 Å². The number of ether oxygens (including phenoxy) is 1. The van der Waals surface area contributed by atoms with Crippen LogP contribution in [0.2, 0.25) is 0 Å².